The molecule has 3 aromatic rings. The Morgan fingerprint density at radius 1 is 0.900 bits per heavy atom. The molecule has 0 saturated carbocycles. The average molecular weight is 442 g/mol. The molecule has 0 amide bonds. The van der Waals surface area contributed by atoms with E-state index in [1.807, 2.05) is 54.6 Å². The fraction of sp³-hybridized carbons (Fsp3) is 0.280. The van der Waals surface area contributed by atoms with E-state index in [1.165, 1.54) is 5.56 Å². The molecular weight excluding hydrogens is 417 g/mol. The van der Waals surface area contributed by atoms with Gasteiger partial charge in [-0.1, -0.05) is 89.9 Å². The summed E-state index contributed by atoms with van der Waals surface area (Å²) in [6.07, 6.45) is -1.03. The summed E-state index contributed by atoms with van der Waals surface area (Å²) in [5.41, 5.74) is 2.82. The highest BCUT2D eigenvalue weighted by Gasteiger charge is 2.37. The summed E-state index contributed by atoms with van der Waals surface area (Å²) in [6.45, 7) is 2.96. The second-order valence-electron chi connectivity index (χ2n) is 7.65. The molecule has 1 aliphatic heterocycles. The molecule has 0 aliphatic carbocycles. The van der Waals surface area contributed by atoms with Crippen molar-refractivity contribution >= 4 is 23.2 Å². The van der Waals surface area contributed by atoms with Gasteiger partial charge in [0.25, 0.3) is 0 Å². The Morgan fingerprint density at radius 2 is 1.53 bits per heavy atom. The molecule has 4 rings (SSSR count). The van der Waals surface area contributed by atoms with Crippen molar-refractivity contribution in [3.63, 3.8) is 0 Å². The summed E-state index contributed by atoms with van der Waals surface area (Å²) in [5.74, 6) is -0.382. The van der Waals surface area contributed by atoms with Crippen LogP contribution >= 0.6 is 23.2 Å². The van der Waals surface area contributed by atoms with Gasteiger partial charge in [-0.25, -0.2) is 0 Å². The van der Waals surface area contributed by atoms with Crippen molar-refractivity contribution in [3.05, 3.63) is 106 Å². The zero-order valence-corrected chi connectivity index (χ0v) is 18.1. The molecule has 156 valence electrons. The van der Waals surface area contributed by atoms with Crippen molar-refractivity contribution in [1.29, 1.82) is 0 Å². The molecule has 5 heteroatoms. The summed E-state index contributed by atoms with van der Waals surface area (Å²) in [5, 5.41) is 12.5. The largest absolute Gasteiger partial charge is 0.388 e. The van der Waals surface area contributed by atoms with Crippen LogP contribution in [0.1, 0.15) is 28.7 Å². The third-order valence-corrected chi connectivity index (χ3v) is 6.30. The summed E-state index contributed by atoms with van der Waals surface area (Å²) < 4.78 is 6.20. The number of ether oxygens (including phenoxy) is 1. The Hall–Kier alpha value is -1.88. The molecule has 3 atom stereocenters. The first kappa shape index (κ1) is 21.4. The SMILES string of the molecule is OC(c1ccccc1)C(c1c(Cl)cccc1Cl)C1CN(Cc2ccccc2)CCO1. The maximum Gasteiger partial charge on any atom is 0.0885 e. The standard InChI is InChI=1S/C25H25Cl2NO2/c26-20-12-7-13-21(27)23(20)24(25(29)19-10-5-2-6-11-19)22-17-28(14-15-30-22)16-18-8-3-1-4-9-18/h1-13,22,24-25,29H,14-17H2. The smallest absolute Gasteiger partial charge is 0.0885 e. The molecule has 3 aromatic carbocycles. The maximum absolute atomic E-state index is 11.4. The highest BCUT2D eigenvalue weighted by atomic mass is 35.5. The normalized spacial score (nSPS) is 19.4. The van der Waals surface area contributed by atoms with Crippen molar-refractivity contribution in [2.75, 3.05) is 19.7 Å². The first-order valence-corrected chi connectivity index (χ1v) is 10.9. The summed E-state index contributed by atoms with van der Waals surface area (Å²) >= 11 is 13.2. The number of morpholine rings is 1. The number of halogens is 2. The number of nitrogens with zero attached hydrogens (tertiary/aromatic N) is 1. The number of benzene rings is 3. The molecule has 1 aliphatic rings. The molecule has 30 heavy (non-hydrogen) atoms. The van der Waals surface area contributed by atoms with Crippen LogP contribution in [0.5, 0.6) is 0 Å². The maximum atomic E-state index is 11.4. The molecule has 3 nitrogen and oxygen atoms in total. The van der Waals surface area contributed by atoms with Crippen LogP contribution in [0.3, 0.4) is 0 Å². The lowest BCUT2D eigenvalue weighted by atomic mass is 9.84. The first-order chi connectivity index (χ1) is 14.6. The molecular formula is C25H25Cl2NO2. The molecule has 0 aromatic heterocycles. The Balaban J connectivity index is 1.65. The molecule has 1 saturated heterocycles. The highest BCUT2D eigenvalue weighted by Crippen LogP contribution is 2.42. The van der Waals surface area contributed by atoms with E-state index >= 15 is 0 Å². The third-order valence-electron chi connectivity index (χ3n) is 5.64. The fourth-order valence-corrected chi connectivity index (χ4v) is 4.82. The van der Waals surface area contributed by atoms with Crippen molar-refractivity contribution < 1.29 is 9.84 Å². The van der Waals surface area contributed by atoms with E-state index in [-0.39, 0.29) is 12.0 Å². The predicted octanol–water partition coefficient (Wildman–Crippen LogP) is 5.71. The Labute approximate surface area is 187 Å². The molecule has 0 bridgehead atoms. The van der Waals surface area contributed by atoms with Gasteiger partial charge in [-0.3, -0.25) is 4.90 Å². The lowest BCUT2D eigenvalue weighted by Crippen LogP contribution is -2.46. The average Bonchev–Trinajstić information content (AvgIpc) is 2.77. The van der Waals surface area contributed by atoms with E-state index in [2.05, 4.69) is 29.2 Å². The number of hydrogen-bond acceptors (Lipinski definition) is 3. The van der Waals surface area contributed by atoms with E-state index in [0.717, 1.165) is 24.2 Å². The molecule has 1 fully saturated rings. The van der Waals surface area contributed by atoms with E-state index in [4.69, 9.17) is 27.9 Å². The van der Waals surface area contributed by atoms with E-state index in [1.54, 1.807) is 0 Å². The van der Waals surface area contributed by atoms with Gasteiger partial charge in [-0.2, -0.15) is 0 Å². The molecule has 1 N–H and O–H groups in total. The zero-order chi connectivity index (χ0) is 20.9. The number of aliphatic hydroxyl groups is 1. The van der Waals surface area contributed by atoms with Gasteiger partial charge >= 0.3 is 0 Å². The van der Waals surface area contributed by atoms with Gasteiger partial charge in [-0.15, -0.1) is 0 Å². The first-order valence-electron chi connectivity index (χ1n) is 10.2. The van der Waals surface area contributed by atoms with E-state index < -0.39 is 6.10 Å². The zero-order valence-electron chi connectivity index (χ0n) is 16.6. The van der Waals surface area contributed by atoms with Gasteiger partial charge in [0.05, 0.1) is 18.8 Å². The minimum absolute atomic E-state index is 0.241. The molecule has 0 spiro atoms. The summed E-state index contributed by atoms with van der Waals surface area (Å²) in [6, 6.07) is 25.5. The van der Waals surface area contributed by atoms with Crippen LogP contribution in [0.2, 0.25) is 10.0 Å². The van der Waals surface area contributed by atoms with Crippen LogP contribution in [0.25, 0.3) is 0 Å². The van der Waals surface area contributed by atoms with E-state index in [0.29, 0.717) is 23.2 Å². The monoisotopic (exact) mass is 441 g/mol. The number of aliphatic hydroxyl groups excluding tert-OH is 1. The van der Waals surface area contributed by atoms with Gasteiger partial charge in [0, 0.05) is 35.6 Å². The second kappa shape index (κ2) is 9.95. The van der Waals surface area contributed by atoms with E-state index in [9.17, 15) is 5.11 Å². The highest BCUT2D eigenvalue weighted by molar-refractivity contribution is 6.36. The van der Waals surface area contributed by atoms with Crippen molar-refractivity contribution in [2.45, 2.75) is 24.7 Å². The fourth-order valence-electron chi connectivity index (χ4n) is 4.17. The minimum atomic E-state index is -0.787. The summed E-state index contributed by atoms with van der Waals surface area (Å²) in [7, 11) is 0. The van der Waals surface area contributed by atoms with Crippen LogP contribution in [-0.2, 0) is 11.3 Å². The van der Waals surface area contributed by atoms with Crippen LogP contribution in [0.15, 0.2) is 78.9 Å². The third kappa shape index (κ3) is 4.88. The van der Waals surface area contributed by atoms with Crippen LogP contribution in [-0.4, -0.2) is 35.8 Å². The van der Waals surface area contributed by atoms with Crippen molar-refractivity contribution in [3.8, 4) is 0 Å². The molecule has 0 radical (unpaired) electrons. The van der Waals surface area contributed by atoms with Gasteiger partial charge in [-0.05, 0) is 28.8 Å². The Morgan fingerprint density at radius 3 is 2.20 bits per heavy atom. The summed E-state index contributed by atoms with van der Waals surface area (Å²) in [4.78, 5) is 2.36. The van der Waals surface area contributed by atoms with Crippen LogP contribution in [0.4, 0.5) is 0 Å². The van der Waals surface area contributed by atoms with Crippen molar-refractivity contribution in [1.82, 2.24) is 4.90 Å². The van der Waals surface area contributed by atoms with Gasteiger partial charge in [0.2, 0.25) is 0 Å². The molecule has 3 unspecified atom stereocenters. The van der Waals surface area contributed by atoms with Crippen LogP contribution in [0, 0.1) is 0 Å². The second-order valence-corrected chi connectivity index (χ2v) is 8.46. The Bertz CT molecular complexity index is 932. The number of hydrogen-bond donors (Lipinski definition) is 1. The topological polar surface area (TPSA) is 32.7 Å². The number of rotatable bonds is 6. The lowest BCUT2D eigenvalue weighted by Gasteiger charge is -2.39. The van der Waals surface area contributed by atoms with Gasteiger partial charge in [0.15, 0.2) is 0 Å². The minimum Gasteiger partial charge on any atom is -0.388 e. The predicted molar refractivity (Wildman–Crippen MR) is 122 cm³/mol. The lowest BCUT2D eigenvalue weighted by molar-refractivity contribution is -0.0668. The molecule has 1 heterocycles. The van der Waals surface area contributed by atoms with Crippen molar-refractivity contribution in [2.24, 2.45) is 0 Å². The van der Waals surface area contributed by atoms with Crippen LogP contribution < -0.4 is 0 Å². The van der Waals surface area contributed by atoms with Gasteiger partial charge in [0.1, 0.15) is 0 Å². The van der Waals surface area contributed by atoms with Gasteiger partial charge < -0.3 is 9.84 Å². The Kier molecular flexibility index (Phi) is 7.08. The quantitative estimate of drug-likeness (QED) is 0.531.